The van der Waals surface area contributed by atoms with Gasteiger partial charge in [-0.1, -0.05) is 25.7 Å². The lowest BCUT2D eigenvalue weighted by Crippen LogP contribution is -2.00. The molecule has 84 valence electrons. The highest BCUT2D eigenvalue weighted by molar-refractivity contribution is 5.36. The van der Waals surface area contributed by atoms with Gasteiger partial charge < -0.3 is 15.2 Å². The first-order valence-electron chi connectivity index (χ1n) is 5.25. The Kier molecular flexibility index (Phi) is 11.9. The van der Waals surface area contributed by atoms with Gasteiger partial charge in [0.2, 0.25) is 0 Å². The molecule has 0 heterocycles. The van der Waals surface area contributed by atoms with Crippen LogP contribution in [0.1, 0.15) is 38.5 Å². The maximum absolute atomic E-state index is 9.73. The Morgan fingerprint density at radius 2 is 1.64 bits per heavy atom. The molecule has 0 atom stereocenters. The summed E-state index contributed by atoms with van der Waals surface area (Å²) in [5, 5.41) is 0. The molecule has 0 aliphatic carbocycles. The van der Waals surface area contributed by atoms with Gasteiger partial charge in [0.05, 0.1) is 6.61 Å². The summed E-state index contributed by atoms with van der Waals surface area (Å²) < 4.78 is 9.40. The number of nitrogens with two attached hydrogens (primary N) is 1. The Morgan fingerprint density at radius 3 is 2.29 bits per heavy atom. The van der Waals surface area contributed by atoms with Crippen LogP contribution in [-0.4, -0.2) is 26.4 Å². The summed E-state index contributed by atoms with van der Waals surface area (Å²) in [7, 11) is 0. The van der Waals surface area contributed by atoms with Gasteiger partial charge in [-0.3, -0.25) is 4.79 Å². The highest BCUT2D eigenvalue weighted by Crippen LogP contribution is 2.04. The normalized spacial score (nSPS) is 10.1. The van der Waals surface area contributed by atoms with Crippen LogP contribution in [0.2, 0.25) is 0 Å². The monoisotopic (exact) mass is 203 g/mol. The molecule has 0 aromatic rings. The molecule has 0 fully saturated rings. The van der Waals surface area contributed by atoms with Crippen molar-refractivity contribution in [3.05, 3.63) is 0 Å². The number of rotatable bonds is 11. The topological polar surface area (TPSA) is 61.6 Å². The molecule has 0 aromatic carbocycles. The number of unbranched alkanes of at least 4 members (excludes halogenated alkanes) is 5. The summed E-state index contributed by atoms with van der Waals surface area (Å²) in [6.45, 7) is 1.94. The predicted octanol–water partition coefficient (Wildman–Crippen LogP) is 1.43. The van der Waals surface area contributed by atoms with Crippen LogP contribution < -0.4 is 5.73 Å². The molecule has 0 aromatic heterocycles. The SMILES string of the molecule is NCCCCCCCCOCOC=O. The summed E-state index contributed by atoms with van der Waals surface area (Å²) in [5.74, 6) is 0. The van der Waals surface area contributed by atoms with Gasteiger partial charge in [-0.05, 0) is 19.4 Å². The van der Waals surface area contributed by atoms with E-state index < -0.39 is 0 Å². The molecule has 0 spiro atoms. The maximum atomic E-state index is 9.73. The summed E-state index contributed by atoms with van der Waals surface area (Å²) in [6.07, 6.45) is 7.05. The van der Waals surface area contributed by atoms with Crippen LogP contribution in [0.4, 0.5) is 0 Å². The van der Waals surface area contributed by atoms with E-state index in [0.717, 1.165) is 19.4 Å². The van der Waals surface area contributed by atoms with Crippen molar-refractivity contribution in [1.82, 2.24) is 0 Å². The second kappa shape index (κ2) is 12.4. The first-order chi connectivity index (χ1) is 6.91. The van der Waals surface area contributed by atoms with E-state index in [1.54, 1.807) is 0 Å². The predicted molar refractivity (Wildman–Crippen MR) is 54.7 cm³/mol. The van der Waals surface area contributed by atoms with E-state index in [2.05, 4.69) is 4.74 Å². The zero-order chi connectivity index (χ0) is 10.5. The smallest absolute Gasteiger partial charge is 0.295 e. The summed E-state index contributed by atoms with van der Waals surface area (Å²) in [4.78, 5) is 9.73. The standard InChI is InChI=1S/C10H21NO3/c11-7-5-3-1-2-4-6-8-13-10-14-9-12/h9H,1-8,10-11H2. The fraction of sp³-hybridized carbons (Fsp3) is 0.900. The van der Waals surface area contributed by atoms with E-state index in [0.29, 0.717) is 13.1 Å². The molecule has 0 rings (SSSR count). The van der Waals surface area contributed by atoms with Crippen molar-refractivity contribution in [2.45, 2.75) is 38.5 Å². The van der Waals surface area contributed by atoms with Gasteiger partial charge >= 0.3 is 0 Å². The largest absolute Gasteiger partial charge is 0.441 e. The van der Waals surface area contributed by atoms with Crippen LogP contribution in [-0.2, 0) is 14.3 Å². The van der Waals surface area contributed by atoms with Crippen LogP contribution in [0, 0.1) is 0 Å². The van der Waals surface area contributed by atoms with Gasteiger partial charge in [0.15, 0.2) is 6.79 Å². The summed E-state index contributed by atoms with van der Waals surface area (Å²) in [5.41, 5.74) is 5.38. The molecular formula is C10H21NO3. The van der Waals surface area contributed by atoms with Crippen LogP contribution in [0.15, 0.2) is 0 Å². The van der Waals surface area contributed by atoms with E-state index >= 15 is 0 Å². The molecule has 0 bridgehead atoms. The first-order valence-corrected chi connectivity index (χ1v) is 5.25. The molecule has 0 aliphatic heterocycles. The zero-order valence-electron chi connectivity index (χ0n) is 8.74. The molecule has 0 saturated carbocycles. The Labute approximate surface area is 85.8 Å². The lowest BCUT2D eigenvalue weighted by atomic mass is 10.1. The molecule has 0 saturated heterocycles. The van der Waals surface area contributed by atoms with Crippen molar-refractivity contribution < 1.29 is 14.3 Å². The number of hydrogen-bond donors (Lipinski definition) is 1. The van der Waals surface area contributed by atoms with E-state index in [1.165, 1.54) is 25.7 Å². The third-order valence-corrected chi connectivity index (χ3v) is 1.96. The van der Waals surface area contributed by atoms with Gasteiger partial charge in [-0.2, -0.15) is 0 Å². The van der Waals surface area contributed by atoms with Crippen molar-refractivity contribution in [3.63, 3.8) is 0 Å². The first kappa shape index (κ1) is 13.4. The van der Waals surface area contributed by atoms with E-state index in [4.69, 9.17) is 10.5 Å². The second-order valence-corrected chi connectivity index (χ2v) is 3.20. The van der Waals surface area contributed by atoms with Gasteiger partial charge in [0.25, 0.3) is 6.47 Å². The summed E-state index contributed by atoms with van der Waals surface area (Å²) >= 11 is 0. The molecule has 0 radical (unpaired) electrons. The van der Waals surface area contributed by atoms with Gasteiger partial charge in [-0.25, -0.2) is 0 Å². The highest BCUT2D eigenvalue weighted by Gasteiger charge is 1.91. The van der Waals surface area contributed by atoms with Crippen LogP contribution >= 0.6 is 0 Å². The Balaban J connectivity index is 2.81. The van der Waals surface area contributed by atoms with Crippen molar-refractivity contribution in [1.29, 1.82) is 0 Å². The quantitative estimate of drug-likeness (QED) is 0.313. The van der Waals surface area contributed by atoms with Gasteiger partial charge in [0.1, 0.15) is 0 Å². The molecule has 0 unspecified atom stereocenters. The van der Waals surface area contributed by atoms with Crippen LogP contribution in [0.3, 0.4) is 0 Å². The molecule has 2 N–H and O–H groups in total. The molecule has 14 heavy (non-hydrogen) atoms. The molecule has 0 aliphatic rings. The molecule has 0 amide bonds. The van der Waals surface area contributed by atoms with Crippen LogP contribution in [0.5, 0.6) is 0 Å². The van der Waals surface area contributed by atoms with E-state index in [1.807, 2.05) is 0 Å². The van der Waals surface area contributed by atoms with Crippen molar-refractivity contribution in [3.8, 4) is 0 Å². The number of carbonyl (C=O) groups is 1. The third-order valence-electron chi connectivity index (χ3n) is 1.96. The minimum atomic E-state index is 0.0800. The fourth-order valence-corrected chi connectivity index (χ4v) is 1.19. The average molecular weight is 203 g/mol. The molecular weight excluding hydrogens is 182 g/mol. The lowest BCUT2D eigenvalue weighted by molar-refractivity contribution is -0.140. The molecule has 4 nitrogen and oxygen atoms in total. The Morgan fingerprint density at radius 1 is 1.00 bits per heavy atom. The van der Waals surface area contributed by atoms with Crippen molar-refractivity contribution in [2.75, 3.05) is 19.9 Å². The minimum absolute atomic E-state index is 0.0800. The lowest BCUT2D eigenvalue weighted by Gasteiger charge is -2.02. The Hall–Kier alpha value is -0.610. The van der Waals surface area contributed by atoms with Gasteiger partial charge in [0, 0.05) is 0 Å². The van der Waals surface area contributed by atoms with Crippen molar-refractivity contribution >= 4 is 6.47 Å². The van der Waals surface area contributed by atoms with E-state index in [9.17, 15) is 4.79 Å². The average Bonchev–Trinajstić information content (AvgIpc) is 2.21. The number of carbonyl (C=O) groups excluding carboxylic acids is 1. The van der Waals surface area contributed by atoms with Crippen molar-refractivity contribution in [2.24, 2.45) is 5.73 Å². The zero-order valence-corrected chi connectivity index (χ0v) is 8.74. The maximum Gasteiger partial charge on any atom is 0.295 e. The fourth-order valence-electron chi connectivity index (χ4n) is 1.19. The van der Waals surface area contributed by atoms with Gasteiger partial charge in [-0.15, -0.1) is 0 Å². The molecule has 4 heteroatoms. The third kappa shape index (κ3) is 11.4. The van der Waals surface area contributed by atoms with E-state index in [-0.39, 0.29) is 6.79 Å². The van der Waals surface area contributed by atoms with Crippen LogP contribution in [0.25, 0.3) is 0 Å². The summed E-state index contributed by atoms with van der Waals surface area (Å²) in [6, 6.07) is 0. The minimum Gasteiger partial charge on any atom is -0.441 e. The Bertz CT molecular complexity index is 120. The number of ether oxygens (including phenoxy) is 2. The second-order valence-electron chi connectivity index (χ2n) is 3.20. The number of hydrogen-bond acceptors (Lipinski definition) is 4. The highest BCUT2D eigenvalue weighted by atomic mass is 16.7.